The standard InChI is InChI=1S/C14H14N4O3S/c1-7-3-4-10(8(2)5-7)16-14(22)15-6-9-11(19)17-13(21)18-12(9)20/h3-6H,1-2H3,(H,16,22)(H3,17,18,19,20,21)/b15-6+. The molecule has 0 fully saturated rings. The van der Waals surface area contributed by atoms with Crippen LogP contribution in [0.5, 0.6) is 5.88 Å². The number of rotatable bonds is 2. The van der Waals surface area contributed by atoms with E-state index in [9.17, 15) is 14.7 Å². The maximum absolute atomic E-state index is 11.5. The van der Waals surface area contributed by atoms with Gasteiger partial charge >= 0.3 is 5.69 Å². The van der Waals surface area contributed by atoms with Crippen molar-refractivity contribution in [2.75, 3.05) is 5.32 Å². The first-order valence-electron chi connectivity index (χ1n) is 6.34. The van der Waals surface area contributed by atoms with Crippen LogP contribution in [0.25, 0.3) is 0 Å². The van der Waals surface area contributed by atoms with Gasteiger partial charge in [0.1, 0.15) is 5.56 Å². The van der Waals surface area contributed by atoms with Crippen LogP contribution in [0.15, 0.2) is 32.8 Å². The summed E-state index contributed by atoms with van der Waals surface area (Å²) in [6, 6.07) is 5.80. The van der Waals surface area contributed by atoms with E-state index in [0.29, 0.717) is 0 Å². The SMILES string of the molecule is Cc1ccc(NC(=S)/N=C/c2c(O)[nH]c(=O)[nH]c2=O)c(C)c1. The van der Waals surface area contributed by atoms with Crippen LogP contribution in [0.1, 0.15) is 16.7 Å². The topological polar surface area (TPSA) is 110 Å². The quantitative estimate of drug-likeness (QED) is 0.491. The number of H-pyrrole nitrogens is 2. The van der Waals surface area contributed by atoms with Crippen LogP contribution in [0.4, 0.5) is 5.69 Å². The molecule has 0 aliphatic carbocycles. The highest BCUT2D eigenvalue weighted by Gasteiger charge is 2.06. The Hall–Kier alpha value is -2.74. The normalized spacial score (nSPS) is 10.8. The summed E-state index contributed by atoms with van der Waals surface area (Å²) in [7, 11) is 0. The highest BCUT2D eigenvalue weighted by atomic mass is 32.1. The van der Waals surface area contributed by atoms with Crippen molar-refractivity contribution in [2.24, 2.45) is 4.99 Å². The summed E-state index contributed by atoms with van der Waals surface area (Å²) in [6.07, 6.45) is 1.09. The fraction of sp³-hybridized carbons (Fsp3) is 0.143. The number of aryl methyl sites for hydroxylation is 2. The van der Waals surface area contributed by atoms with Crippen LogP contribution >= 0.6 is 12.2 Å². The zero-order chi connectivity index (χ0) is 16.3. The van der Waals surface area contributed by atoms with Crippen molar-refractivity contribution in [3.05, 3.63) is 55.7 Å². The molecule has 1 aromatic heterocycles. The van der Waals surface area contributed by atoms with Gasteiger partial charge in [-0.2, -0.15) is 0 Å². The number of nitrogens with zero attached hydrogens (tertiary/aromatic N) is 1. The van der Waals surface area contributed by atoms with E-state index in [4.69, 9.17) is 12.2 Å². The van der Waals surface area contributed by atoms with E-state index in [2.05, 4.69) is 15.3 Å². The van der Waals surface area contributed by atoms with Gasteiger partial charge in [-0.3, -0.25) is 14.8 Å². The van der Waals surface area contributed by atoms with E-state index in [0.717, 1.165) is 23.0 Å². The van der Waals surface area contributed by atoms with Gasteiger partial charge in [0, 0.05) is 11.9 Å². The summed E-state index contributed by atoms with van der Waals surface area (Å²) in [6.45, 7) is 3.92. The third-order valence-electron chi connectivity index (χ3n) is 2.89. The molecule has 8 heteroatoms. The molecule has 0 radical (unpaired) electrons. The summed E-state index contributed by atoms with van der Waals surface area (Å²) in [4.78, 5) is 30.4. The van der Waals surface area contributed by atoms with Crippen molar-refractivity contribution in [3.63, 3.8) is 0 Å². The van der Waals surface area contributed by atoms with Gasteiger partial charge in [0.2, 0.25) is 5.88 Å². The molecular formula is C14H14N4O3S. The van der Waals surface area contributed by atoms with Crippen molar-refractivity contribution in [2.45, 2.75) is 13.8 Å². The summed E-state index contributed by atoms with van der Waals surface area (Å²) < 4.78 is 0. The Morgan fingerprint density at radius 2 is 2.05 bits per heavy atom. The molecule has 0 aliphatic heterocycles. The summed E-state index contributed by atoms with van der Waals surface area (Å²) in [5.41, 5.74) is 1.20. The highest BCUT2D eigenvalue weighted by Crippen LogP contribution is 2.16. The highest BCUT2D eigenvalue weighted by molar-refractivity contribution is 7.80. The van der Waals surface area contributed by atoms with Crippen molar-refractivity contribution in [3.8, 4) is 5.88 Å². The number of hydrogen-bond acceptors (Lipinski definition) is 4. The maximum Gasteiger partial charge on any atom is 0.328 e. The molecule has 1 heterocycles. The second kappa shape index (κ2) is 6.35. The van der Waals surface area contributed by atoms with Crippen LogP contribution in [-0.4, -0.2) is 26.4 Å². The second-order valence-electron chi connectivity index (χ2n) is 4.68. The van der Waals surface area contributed by atoms with Crippen LogP contribution in [0.3, 0.4) is 0 Å². The molecule has 2 rings (SSSR count). The number of aromatic nitrogens is 2. The first-order valence-corrected chi connectivity index (χ1v) is 6.75. The molecule has 22 heavy (non-hydrogen) atoms. The molecule has 0 aliphatic rings. The first-order chi connectivity index (χ1) is 10.4. The summed E-state index contributed by atoms with van der Waals surface area (Å²) in [5, 5.41) is 12.6. The summed E-state index contributed by atoms with van der Waals surface area (Å²) in [5.74, 6) is -0.563. The Kier molecular flexibility index (Phi) is 4.52. The average molecular weight is 318 g/mol. The number of benzene rings is 1. The Bertz CT molecular complexity index is 867. The molecule has 0 amide bonds. The molecule has 0 atom stereocenters. The first kappa shape index (κ1) is 15.6. The van der Waals surface area contributed by atoms with Crippen LogP contribution < -0.4 is 16.6 Å². The van der Waals surface area contributed by atoms with E-state index in [1.165, 1.54) is 0 Å². The number of aromatic hydroxyl groups is 1. The molecule has 0 saturated heterocycles. The van der Waals surface area contributed by atoms with Crippen molar-refractivity contribution in [1.29, 1.82) is 0 Å². The lowest BCUT2D eigenvalue weighted by Gasteiger charge is -2.08. The molecule has 0 spiro atoms. The van der Waals surface area contributed by atoms with Gasteiger partial charge in [0.15, 0.2) is 5.11 Å². The van der Waals surface area contributed by atoms with Crippen LogP contribution in [0, 0.1) is 13.8 Å². The van der Waals surface area contributed by atoms with Gasteiger partial charge in [0.25, 0.3) is 5.56 Å². The van der Waals surface area contributed by atoms with E-state index >= 15 is 0 Å². The Morgan fingerprint density at radius 1 is 1.32 bits per heavy atom. The monoisotopic (exact) mass is 318 g/mol. The predicted octanol–water partition coefficient (Wildman–Crippen LogP) is 1.20. The molecule has 2 aromatic rings. The van der Waals surface area contributed by atoms with Gasteiger partial charge in [-0.15, -0.1) is 0 Å². The Labute approximate surface area is 130 Å². The lowest BCUT2D eigenvalue weighted by Crippen LogP contribution is -2.25. The number of aromatic amines is 2. The lowest BCUT2D eigenvalue weighted by molar-refractivity contribution is 0.447. The number of hydrogen-bond donors (Lipinski definition) is 4. The number of aliphatic imine (C=N–C) groups is 1. The van der Waals surface area contributed by atoms with Gasteiger partial charge in [-0.05, 0) is 37.7 Å². The smallest absolute Gasteiger partial charge is 0.328 e. The predicted molar refractivity (Wildman–Crippen MR) is 89.1 cm³/mol. The van der Waals surface area contributed by atoms with Crippen molar-refractivity contribution in [1.82, 2.24) is 9.97 Å². The molecule has 7 nitrogen and oxygen atoms in total. The van der Waals surface area contributed by atoms with E-state index in [1.807, 2.05) is 37.0 Å². The zero-order valence-electron chi connectivity index (χ0n) is 11.9. The minimum atomic E-state index is -0.796. The van der Waals surface area contributed by atoms with Crippen molar-refractivity contribution < 1.29 is 5.11 Å². The lowest BCUT2D eigenvalue weighted by atomic mass is 10.1. The van der Waals surface area contributed by atoms with Gasteiger partial charge < -0.3 is 10.4 Å². The minimum absolute atomic E-state index is 0.122. The third kappa shape index (κ3) is 3.67. The van der Waals surface area contributed by atoms with Gasteiger partial charge in [0.05, 0.1) is 0 Å². The zero-order valence-corrected chi connectivity index (χ0v) is 12.7. The average Bonchev–Trinajstić information content (AvgIpc) is 2.40. The molecule has 0 bridgehead atoms. The van der Waals surface area contributed by atoms with E-state index in [1.54, 1.807) is 0 Å². The fourth-order valence-corrected chi connectivity index (χ4v) is 1.99. The maximum atomic E-state index is 11.5. The minimum Gasteiger partial charge on any atom is -0.494 e. The Balaban J connectivity index is 2.19. The molecule has 0 saturated carbocycles. The van der Waals surface area contributed by atoms with Gasteiger partial charge in [-0.25, -0.2) is 9.79 Å². The summed E-state index contributed by atoms with van der Waals surface area (Å²) >= 11 is 5.07. The number of anilines is 1. The molecule has 114 valence electrons. The van der Waals surface area contributed by atoms with Crippen LogP contribution in [0.2, 0.25) is 0 Å². The fourth-order valence-electron chi connectivity index (χ4n) is 1.83. The second-order valence-corrected chi connectivity index (χ2v) is 5.06. The molecular weight excluding hydrogens is 304 g/mol. The third-order valence-corrected chi connectivity index (χ3v) is 3.10. The van der Waals surface area contributed by atoms with E-state index in [-0.39, 0.29) is 10.7 Å². The molecule has 4 N–H and O–H groups in total. The Morgan fingerprint density at radius 3 is 2.68 bits per heavy atom. The van der Waals surface area contributed by atoms with Crippen LogP contribution in [-0.2, 0) is 0 Å². The van der Waals surface area contributed by atoms with E-state index < -0.39 is 17.1 Å². The molecule has 1 aromatic carbocycles. The largest absolute Gasteiger partial charge is 0.494 e. The van der Waals surface area contributed by atoms with Crippen molar-refractivity contribution >= 4 is 29.2 Å². The van der Waals surface area contributed by atoms with Gasteiger partial charge in [-0.1, -0.05) is 17.7 Å². The number of thiocarbonyl (C=S) groups is 1. The molecule has 0 unspecified atom stereocenters. The number of nitrogens with one attached hydrogen (secondary N) is 3.